The smallest absolute Gasteiger partial charge is 0.223 e. The number of nitrogens with zero attached hydrogens (tertiary/aromatic N) is 1. The third-order valence-corrected chi connectivity index (χ3v) is 8.57. The van der Waals surface area contributed by atoms with Gasteiger partial charge in [-0.25, -0.2) is 12.7 Å². The van der Waals surface area contributed by atoms with Crippen LogP contribution in [0.2, 0.25) is 0 Å². The Morgan fingerprint density at radius 1 is 0.968 bits per heavy atom. The molecule has 1 N–H and O–H groups in total. The van der Waals surface area contributed by atoms with Gasteiger partial charge in [0, 0.05) is 19.0 Å². The highest BCUT2D eigenvalue weighted by atomic mass is 32.2. The van der Waals surface area contributed by atoms with E-state index in [1.807, 2.05) is 36.4 Å². The highest BCUT2D eigenvalue weighted by molar-refractivity contribution is 7.89. The van der Waals surface area contributed by atoms with Crippen molar-refractivity contribution in [3.05, 3.63) is 71.3 Å². The van der Waals surface area contributed by atoms with Crippen LogP contribution in [-0.2, 0) is 27.7 Å². The van der Waals surface area contributed by atoms with E-state index < -0.39 is 10.0 Å². The summed E-state index contributed by atoms with van der Waals surface area (Å²) in [5.74, 6) is 0.130. The minimum atomic E-state index is -3.27. The number of piperidine rings is 1. The average molecular weight is 441 g/mol. The normalized spacial score (nSPS) is 20.2. The minimum Gasteiger partial charge on any atom is -0.349 e. The van der Waals surface area contributed by atoms with Crippen molar-refractivity contribution < 1.29 is 13.2 Å². The molecule has 2 aliphatic rings. The molecule has 0 bridgehead atoms. The van der Waals surface area contributed by atoms with Crippen molar-refractivity contribution in [3.63, 3.8) is 0 Å². The van der Waals surface area contributed by atoms with E-state index in [-0.39, 0.29) is 23.6 Å². The maximum absolute atomic E-state index is 12.9. The van der Waals surface area contributed by atoms with E-state index in [0.29, 0.717) is 32.4 Å². The summed E-state index contributed by atoms with van der Waals surface area (Å²) < 4.78 is 27.0. The van der Waals surface area contributed by atoms with Crippen LogP contribution in [0, 0.1) is 5.92 Å². The summed E-state index contributed by atoms with van der Waals surface area (Å²) in [6, 6.07) is 18.4. The highest BCUT2D eigenvalue weighted by Crippen LogP contribution is 2.30. The largest absolute Gasteiger partial charge is 0.349 e. The quantitative estimate of drug-likeness (QED) is 0.711. The van der Waals surface area contributed by atoms with Gasteiger partial charge in [-0.05, 0) is 61.6 Å². The SMILES string of the molecule is O=C(N[C@H]1CCCc2ccccc21)C1CCN(S(=O)(=O)CCCc2ccccc2)CC1. The van der Waals surface area contributed by atoms with E-state index in [2.05, 4.69) is 23.5 Å². The van der Waals surface area contributed by atoms with Gasteiger partial charge in [-0.15, -0.1) is 0 Å². The molecule has 1 amide bonds. The zero-order chi connectivity index (χ0) is 21.7. The van der Waals surface area contributed by atoms with Crippen LogP contribution in [0.5, 0.6) is 0 Å². The molecule has 1 fully saturated rings. The van der Waals surface area contributed by atoms with Gasteiger partial charge in [0.15, 0.2) is 0 Å². The third kappa shape index (κ3) is 5.55. The standard InChI is InChI=1S/C25H32N2O3S/c28-25(26-24-14-6-12-21-11-4-5-13-23(21)24)22-15-17-27(18-16-22)31(29,30)19-7-10-20-8-2-1-3-9-20/h1-5,8-9,11,13,22,24H,6-7,10,12,14-19H2,(H,26,28)/t24-/m0/s1. The zero-order valence-corrected chi connectivity index (χ0v) is 18.8. The number of benzene rings is 2. The predicted octanol–water partition coefficient (Wildman–Crippen LogP) is 3.85. The molecular formula is C25H32N2O3S. The van der Waals surface area contributed by atoms with Gasteiger partial charge in [0.05, 0.1) is 11.8 Å². The van der Waals surface area contributed by atoms with Gasteiger partial charge in [-0.2, -0.15) is 0 Å². The van der Waals surface area contributed by atoms with E-state index in [0.717, 1.165) is 31.2 Å². The Labute approximate surface area is 185 Å². The van der Waals surface area contributed by atoms with Crippen LogP contribution in [0.25, 0.3) is 0 Å². The van der Waals surface area contributed by atoms with Crippen LogP contribution < -0.4 is 5.32 Å². The lowest BCUT2D eigenvalue weighted by Crippen LogP contribution is -2.44. The molecule has 1 heterocycles. The molecule has 1 saturated heterocycles. The van der Waals surface area contributed by atoms with Crippen molar-refractivity contribution in [2.45, 2.75) is 51.0 Å². The fourth-order valence-electron chi connectivity index (χ4n) is 4.82. The molecule has 0 spiro atoms. The number of nitrogens with one attached hydrogen (secondary N) is 1. The Morgan fingerprint density at radius 2 is 1.68 bits per heavy atom. The zero-order valence-electron chi connectivity index (χ0n) is 18.0. The number of amides is 1. The van der Waals surface area contributed by atoms with Crippen LogP contribution in [0.3, 0.4) is 0 Å². The Morgan fingerprint density at radius 3 is 2.45 bits per heavy atom. The maximum atomic E-state index is 12.9. The summed E-state index contributed by atoms with van der Waals surface area (Å²) in [6.45, 7) is 0.875. The molecule has 5 nitrogen and oxygen atoms in total. The summed E-state index contributed by atoms with van der Waals surface area (Å²) in [6.07, 6.45) is 5.70. The topological polar surface area (TPSA) is 66.5 Å². The Bertz CT molecular complexity index is 983. The Kier molecular flexibility index (Phi) is 7.08. The van der Waals surface area contributed by atoms with E-state index >= 15 is 0 Å². The van der Waals surface area contributed by atoms with Crippen molar-refractivity contribution in [3.8, 4) is 0 Å². The molecule has 0 radical (unpaired) electrons. The number of carbonyl (C=O) groups excluding carboxylic acids is 1. The van der Waals surface area contributed by atoms with E-state index in [1.165, 1.54) is 11.1 Å². The second-order valence-electron chi connectivity index (χ2n) is 8.73. The molecule has 1 aliphatic carbocycles. The molecule has 0 saturated carbocycles. The van der Waals surface area contributed by atoms with Crippen LogP contribution in [0.1, 0.15) is 54.8 Å². The lowest BCUT2D eigenvalue weighted by Gasteiger charge is -2.32. The van der Waals surface area contributed by atoms with Gasteiger partial charge in [0.1, 0.15) is 0 Å². The summed E-state index contributed by atoms with van der Waals surface area (Å²) in [5.41, 5.74) is 3.73. The van der Waals surface area contributed by atoms with Crippen LogP contribution in [0.15, 0.2) is 54.6 Å². The molecule has 0 unspecified atom stereocenters. The van der Waals surface area contributed by atoms with Gasteiger partial charge in [0.25, 0.3) is 0 Å². The van der Waals surface area contributed by atoms with Crippen LogP contribution in [0.4, 0.5) is 0 Å². The summed E-state index contributed by atoms with van der Waals surface area (Å²) >= 11 is 0. The summed E-state index contributed by atoms with van der Waals surface area (Å²) in [5, 5.41) is 3.24. The van der Waals surface area contributed by atoms with E-state index in [9.17, 15) is 13.2 Å². The van der Waals surface area contributed by atoms with Crippen LogP contribution >= 0.6 is 0 Å². The first kappa shape index (κ1) is 22.0. The number of fused-ring (bicyclic) bond motifs is 1. The third-order valence-electron chi connectivity index (χ3n) is 6.61. The lowest BCUT2D eigenvalue weighted by atomic mass is 9.87. The van der Waals surface area contributed by atoms with Crippen molar-refractivity contribution in [2.75, 3.05) is 18.8 Å². The maximum Gasteiger partial charge on any atom is 0.223 e. The monoisotopic (exact) mass is 440 g/mol. The fraction of sp³-hybridized carbons (Fsp3) is 0.480. The molecule has 1 atom stereocenters. The van der Waals surface area contributed by atoms with Crippen molar-refractivity contribution in [1.82, 2.24) is 9.62 Å². The molecule has 0 aromatic heterocycles. The molecule has 2 aromatic carbocycles. The Balaban J connectivity index is 1.26. The molecule has 166 valence electrons. The summed E-state index contributed by atoms with van der Waals surface area (Å²) in [4.78, 5) is 12.9. The Hall–Kier alpha value is -2.18. The number of rotatable bonds is 7. The average Bonchev–Trinajstić information content (AvgIpc) is 2.80. The van der Waals surface area contributed by atoms with Crippen molar-refractivity contribution >= 4 is 15.9 Å². The molecule has 4 rings (SSSR count). The van der Waals surface area contributed by atoms with Crippen LogP contribution in [-0.4, -0.2) is 37.5 Å². The van der Waals surface area contributed by atoms with Gasteiger partial charge < -0.3 is 5.32 Å². The van der Waals surface area contributed by atoms with E-state index in [1.54, 1.807) is 4.31 Å². The van der Waals surface area contributed by atoms with Gasteiger partial charge in [0.2, 0.25) is 15.9 Å². The lowest BCUT2D eigenvalue weighted by molar-refractivity contribution is -0.127. The first-order chi connectivity index (χ1) is 15.0. The molecule has 31 heavy (non-hydrogen) atoms. The van der Waals surface area contributed by atoms with E-state index in [4.69, 9.17) is 0 Å². The molecule has 1 aliphatic heterocycles. The molecule has 6 heteroatoms. The first-order valence-corrected chi connectivity index (χ1v) is 13.0. The number of hydrogen-bond donors (Lipinski definition) is 1. The van der Waals surface area contributed by atoms with Crippen molar-refractivity contribution in [1.29, 1.82) is 0 Å². The molecule has 2 aromatic rings. The first-order valence-electron chi connectivity index (χ1n) is 11.4. The minimum absolute atomic E-state index is 0.0721. The van der Waals surface area contributed by atoms with Gasteiger partial charge >= 0.3 is 0 Å². The van der Waals surface area contributed by atoms with Gasteiger partial charge in [-0.3, -0.25) is 4.79 Å². The number of aryl methyl sites for hydroxylation is 2. The van der Waals surface area contributed by atoms with Gasteiger partial charge in [-0.1, -0.05) is 54.6 Å². The summed E-state index contributed by atoms with van der Waals surface area (Å²) in [7, 11) is -3.27. The highest BCUT2D eigenvalue weighted by Gasteiger charge is 2.32. The number of sulfonamides is 1. The molecular weight excluding hydrogens is 408 g/mol. The number of hydrogen-bond acceptors (Lipinski definition) is 3. The number of carbonyl (C=O) groups is 1. The second kappa shape index (κ2) is 9.96. The second-order valence-corrected chi connectivity index (χ2v) is 10.8. The fourth-order valence-corrected chi connectivity index (χ4v) is 6.36. The predicted molar refractivity (Wildman–Crippen MR) is 123 cm³/mol. The van der Waals surface area contributed by atoms with Crippen molar-refractivity contribution in [2.24, 2.45) is 5.92 Å².